The van der Waals surface area contributed by atoms with Crippen LogP contribution < -0.4 is 10.2 Å². The molecule has 270 valence electrons. The Morgan fingerprint density at radius 1 is 0.940 bits per heavy atom. The number of piperidine rings is 1. The number of nitrogens with one attached hydrogen (secondary N) is 1. The van der Waals surface area contributed by atoms with Gasteiger partial charge in [-0.3, -0.25) is 4.79 Å². The number of rotatable bonds is 12. The van der Waals surface area contributed by atoms with E-state index in [-0.39, 0.29) is 42.2 Å². The number of amides is 2. The van der Waals surface area contributed by atoms with Crippen molar-refractivity contribution in [2.45, 2.75) is 60.1 Å². The zero-order chi connectivity index (χ0) is 35.0. The number of halogens is 1. The minimum Gasteiger partial charge on any atom is -0.465 e. The summed E-state index contributed by atoms with van der Waals surface area (Å²) in [4.78, 5) is 32.8. The van der Waals surface area contributed by atoms with Crippen LogP contribution in [-0.4, -0.2) is 117 Å². The van der Waals surface area contributed by atoms with E-state index < -0.39 is 21.2 Å². The normalized spacial score (nSPS) is 25.3. The van der Waals surface area contributed by atoms with E-state index in [1.54, 1.807) is 18.2 Å². The van der Waals surface area contributed by atoms with Crippen molar-refractivity contribution in [2.24, 2.45) is 17.8 Å². The fourth-order valence-corrected chi connectivity index (χ4v) is 11.2. The van der Waals surface area contributed by atoms with Gasteiger partial charge in [0, 0.05) is 62.3 Å². The molecule has 12 heteroatoms. The Kier molecular flexibility index (Phi) is 9.97. The zero-order valence-electron chi connectivity index (χ0n) is 28.8. The average molecular weight is 708 g/mol. The van der Waals surface area contributed by atoms with Crippen molar-refractivity contribution in [3.63, 3.8) is 0 Å². The zero-order valence-corrected chi connectivity index (χ0v) is 29.6. The van der Waals surface area contributed by atoms with E-state index in [1.165, 1.54) is 23.5 Å². The molecular weight excluding hydrogens is 658 g/mol. The molecule has 0 spiro atoms. The van der Waals surface area contributed by atoms with E-state index in [0.29, 0.717) is 16.7 Å². The van der Waals surface area contributed by atoms with Gasteiger partial charge in [-0.25, -0.2) is 17.6 Å². The Morgan fingerprint density at radius 2 is 1.66 bits per heavy atom. The van der Waals surface area contributed by atoms with E-state index >= 15 is 0 Å². The first-order valence-electron chi connectivity index (χ1n) is 18.3. The lowest BCUT2D eigenvalue weighted by atomic mass is 9.57. The van der Waals surface area contributed by atoms with Crippen LogP contribution in [0, 0.1) is 23.6 Å². The van der Waals surface area contributed by atoms with E-state index in [4.69, 9.17) is 0 Å². The highest BCUT2D eigenvalue weighted by Crippen LogP contribution is 2.51. The number of hydrogen-bond acceptors (Lipinski definition) is 7. The van der Waals surface area contributed by atoms with Gasteiger partial charge in [-0.15, -0.1) is 0 Å². The number of carbonyl (C=O) groups is 2. The number of anilines is 1. The summed E-state index contributed by atoms with van der Waals surface area (Å²) in [5.41, 5.74) is 1.72. The Hall–Kier alpha value is -3.48. The highest BCUT2D eigenvalue weighted by Gasteiger charge is 2.53. The molecule has 10 nitrogen and oxygen atoms in total. The number of hydrogen-bond donors (Lipinski definition) is 2. The van der Waals surface area contributed by atoms with Gasteiger partial charge in [0.15, 0.2) is 9.84 Å². The molecule has 5 aliphatic rings. The molecular formula is C38H50FN5O5S. The van der Waals surface area contributed by atoms with Crippen LogP contribution in [0.15, 0.2) is 66.1 Å². The standard InChI is InChI=1S/C38H50FN5O5S/c1-2-36(45)44-24-33(25-44)50(48,49)32-12-10-31(11-13-32)43-22-27(23-43)21-41-18-14-28(15-19-41)38(26-42-16-5-17-42,29-6-3-7-30(39)20-29)34-8-4-9-35(34)40-37(46)47/h2-3,6-7,10-13,20,27-28,33-35,40H,1,4-5,8-9,14-19,21-26H2,(H,46,47)/t34-,35-,38?/m0/s1. The van der Waals surface area contributed by atoms with Crippen LogP contribution in [0.5, 0.6) is 0 Å². The topological polar surface area (TPSA) is 114 Å². The largest absolute Gasteiger partial charge is 0.465 e. The average Bonchev–Trinajstić information content (AvgIpc) is 3.49. The number of sulfone groups is 1. The number of carbonyl (C=O) groups excluding carboxylic acids is 1. The van der Waals surface area contributed by atoms with E-state index in [1.807, 2.05) is 18.2 Å². The quantitative estimate of drug-likeness (QED) is 0.316. The number of carboxylic acid groups (broad SMARTS) is 1. The molecule has 1 aliphatic carbocycles. The lowest BCUT2D eigenvalue weighted by molar-refractivity contribution is -0.129. The third-order valence-corrected chi connectivity index (χ3v) is 14.5. The minimum atomic E-state index is -3.50. The molecule has 7 rings (SSSR count). The van der Waals surface area contributed by atoms with Crippen molar-refractivity contribution >= 4 is 27.5 Å². The highest BCUT2D eigenvalue weighted by molar-refractivity contribution is 7.92. The summed E-state index contributed by atoms with van der Waals surface area (Å²) in [6.07, 6.45) is 6.12. The summed E-state index contributed by atoms with van der Waals surface area (Å²) in [7, 11) is -3.50. The smallest absolute Gasteiger partial charge is 0.404 e. The van der Waals surface area contributed by atoms with Gasteiger partial charge in [0.25, 0.3) is 0 Å². The molecule has 4 saturated heterocycles. The third kappa shape index (κ3) is 6.78. The van der Waals surface area contributed by atoms with Gasteiger partial charge in [0.2, 0.25) is 5.91 Å². The summed E-state index contributed by atoms with van der Waals surface area (Å²) in [6, 6.07) is 14.2. The number of nitrogens with zero attached hydrogens (tertiary/aromatic N) is 4. The minimum absolute atomic E-state index is 0.115. The van der Waals surface area contributed by atoms with Crippen molar-refractivity contribution in [3.8, 4) is 0 Å². The lowest BCUT2D eigenvalue weighted by Crippen LogP contribution is -2.60. The molecule has 2 amide bonds. The summed E-state index contributed by atoms with van der Waals surface area (Å²) in [6.45, 7) is 11.6. The second-order valence-corrected chi connectivity index (χ2v) is 17.5. The van der Waals surface area contributed by atoms with Crippen molar-refractivity contribution in [1.29, 1.82) is 0 Å². The van der Waals surface area contributed by atoms with Crippen LogP contribution in [0.25, 0.3) is 0 Å². The molecule has 4 aliphatic heterocycles. The Bertz CT molecular complexity index is 1670. The van der Waals surface area contributed by atoms with Gasteiger partial charge in [-0.1, -0.05) is 25.1 Å². The van der Waals surface area contributed by atoms with Crippen LogP contribution >= 0.6 is 0 Å². The molecule has 2 aromatic carbocycles. The van der Waals surface area contributed by atoms with Gasteiger partial charge in [-0.05, 0) is 118 Å². The van der Waals surface area contributed by atoms with E-state index in [0.717, 1.165) is 95.7 Å². The monoisotopic (exact) mass is 707 g/mol. The predicted octanol–water partition coefficient (Wildman–Crippen LogP) is 4.22. The Labute approximate surface area is 295 Å². The fourth-order valence-electron chi connectivity index (χ4n) is 9.56. The Morgan fingerprint density at radius 3 is 2.28 bits per heavy atom. The summed E-state index contributed by atoms with van der Waals surface area (Å²) in [5, 5.41) is 12.0. The lowest BCUT2D eigenvalue weighted by Gasteiger charge is -2.54. The molecule has 5 fully saturated rings. The van der Waals surface area contributed by atoms with Crippen molar-refractivity contribution in [2.75, 3.05) is 70.3 Å². The van der Waals surface area contributed by atoms with Gasteiger partial charge in [0.05, 0.1) is 4.90 Å². The van der Waals surface area contributed by atoms with Gasteiger partial charge in [-0.2, -0.15) is 0 Å². The molecule has 0 radical (unpaired) electrons. The summed E-state index contributed by atoms with van der Waals surface area (Å²) in [5.74, 6) is 0.484. The van der Waals surface area contributed by atoms with Crippen LogP contribution in [0.1, 0.15) is 44.1 Å². The van der Waals surface area contributed by atoms with E-state index in [2.05, 4.69) is 32.7 Å². The van der Waals surface area contributed by atoms with Crippen molar-refractivity contribution < 1.29 is 27.5 Å². The van der Waals surface area contributed by atoms with Crippen LogP contribution in [0.2, 0.25) is 0 Å². The molecule has 0 aromatic heterocycles. The van der Waals surface area contributed by atoms with Crippen LogP contribution in [-0.2, 0) is 20.0 Å². The summed E-state index contributed by atoms with van der Waals surface area (Å²) >= 11 is 0. The molecule has 1 saturated carbocycles. The predicted molar refractivity (Wildman–Crippen MR) is 190 cm³/mol. The maximum atomic E-state index is 14.9. The Balaban J connectivity index is 0.977. The second-order valence-electron chi connectivity index (χ2n) is 15.2. The molecule has 3 atom stereocenters. The maximum absolute atomic E-state index is 14.9. The summed E-state index contributed by atoms with van der Waals surface area (Å²) < 4.78 is 41.0. The van der Waals surface area contributed by atoms with Crippen LogP contribution in [0.3, 0.4) is 0 Å². The third-order valence-electron chi connectivity index (χ3n) is 12.4. The SMILES string of the molecule is C=CC(=O)N1CC(S(=O)(=O)c2ccc(N3CC(CN4CCC(C(CN5CCC5)(c5cccc(F)c5)[C@H]5CCC[C@@H]5NC(=O)O)CC4)C3)cc2)C1. The fraction of sp³-hybridized carbons (Fsp3) is 0.579. The maximum Gasteiger partial charge on any atom is 0.404 e. The first-order chi connectivity index (χ1) is 24.1. The van der Waals surface area contributed by atoms with Crippen molar-refractivity contribution in [1.82, 2.24) is 20.0 Å². The molecule has 0 bridgehead atoms. The van der Waals surface area contributed by atoms with Gasteiger partial charge >= 0.3 is 6.09 Å². The molecule has 4 heterocycles. The molecule has 2 aromatic rings. The number of likely N-dealkylation sites (tertiary alicyclic amines) is 3. The molecule has 50 heavy (non-hydrogen) atoms. The second kappa shape index (κ2) is 14.3. The highest BCUT2D eigenvalue weighted by atomic mass is 32.2. The van der Waals surface area contributed by atoms with Gasteiger partial charge in [0.1, 0.15) is 11.1 Å². The molecule has 1 unspecified atom stereocenters. The number of benzene rings is 2. The first-order valence-corrected chi connectivity index (χ1v) is 19.8. The van der Waals surface area contributed by atoms with Gasteiger partial charge < -0.3 is 30.0 Å². The first kappa shape index (κ1) is 34.9. The van der Waals surface area contributed by atoms with E-state index in [9.17, 15) is 27.5 Å². The van der Waals surface area contributed by atoms with Crippen LogP contribution in [0.4, 0.5) is 14.9 Å². The van der Waals surface area contributed by atoms with Crippen molar-refractivity contribution in [3.05, 3.63) is 72.6 Å². The molecule has 2 N–H and O–H groups in total.